The van der Waals surface area contributed by atoms with E-state index < -0.39 is 16.2 Å². The zero-order valence-electron chi connectivity index (χ0n) is 4.20. The molecule has 0 bridgehead atoms. The molecule has 0 aromatic carbocycles. The molecule has 0 unspecified atom stereocenters. The van der Waals surface area contributed by atoms with Crippen LogP contribution in [-0.2, 0) is 19.3 Å². The number of amides is 1. The first-order valence-corrected chi connectivity index (χ1v) is 3.42. The summed E-state index contributed by atoms with van der Waals surface area (Å²) in [6.45, 7) is 0. The highest BCUT2D eigenvalue weighted by molar-refractivity contribution is 7.85. The lowest BCUT2D eigenvalue weighted by atomic mass is 10.6. The molecule has 50 valence electrons. The number of nitrogens with one attached hydrogen (secondary N) is 1. The molecular weight excluding hydrogens is 146 g/mol. The van der Waals surface area contributed by atoms with Crippen LogP contribution >= 0.6 is 0 Å². The molecule has 0 radical (unpaired) electrons. The third-order valence-electron chi connectivity index (χ3n) is 0.627. The van der Waals surface area contributed by atoms with E-state index in [1.807, 2.05) is 0 Å². The lowest BCUT2D eigenvalue weighted by Crippen LogP contribution is -2.32. The van der Waals surface area contributed by atoms with Crippen molar-refractivity contribution in [3.63, 3.8) is 0 Å². The van der Waals surface area contributed by atoms with E-state index in [1.54, 1.807) is 4.72 Å². The Balaban J connectivity index is 2.94. The number of rotatable bonds is 0. The van der Waals surface area contributed by atoms with E-state index in [4.69, 9.17) is 0 Å². The van der Waals surface area contributed by atoms with E-state index in [0.29, 0.717) is 0 Å². The molecule has 0 aromatic rings. The van der Waals surface area contributed by atoms with Gasteiger partial charge in [0.15, 0.2) is 0 Å². The molecule has 0 atom stereocenters. The number of carbonyl (C=O) groups is 1. The minimum Gasteiger partial charge on any atom is -0.375 e. The molecule has 1 aliphatic rings. The zero-order chi connectivity index (χ0) is 6.91. The van der Waals surface area contributed by atoms with E-state index in [-0.39, 0.29) is 0 Å². The van der Waals surface area contributed by atoms with Crippen LogP contribution in [0.5, 0.6) is 0 Å². The molecule has 0 aliphatic carbocycles. The standard InChI is InChI=1S/C3H3NO4S/c5-3-1-2-8-9(6,7)4-3/h1-2H,(H,4,5). The average Bonchev–Trinajstić information content (AvgIpc) is 1.60. The van der Waals surface area contributed by atoms with Crippen LogP contribution in [-0.4, -0.2) is 14.3 Å². The van der Waals surface area contributed by atoms with Crippen LogP contribution in [0.25, 0.3) is 0 Å². The van der Waals surface area contributed by atoms with Crippen molar-refractivity contribution in [1.29, 1.82) is 0 Å². The van der Waals surface area contributed by atoms with Crippen molar-refractivity contribution in [1.82, 2.24) is 4.72 Å². The first-order chi connectivity index (χ1) is 4.10. The second-order valence-electron chi connectivity index (χ2n) is 1.32. The Morgan fingerprint density at radius 1 is 1.56 bits per heavy atom. The van der Waals surface area contributed by atoms with Gasteiger partial charge in [-0.1, -0.05) is 0 Å². The number of carbonyl (C=O) groups excluding carboxylic acids is 1. The molecule has 0 spiro atoms. The molecule has 1 N–H and O–H groups in total. The summed E-state index contributed by atoms with van der Waals surface area (Å²) in [5.74, 6) is -0.693. The quantitative estimate of drug-likeness (QED) is 0.474. The molecule has 6 heteroatoms. The Labute approximate surface area is 51.6 Å². The Kier molecular flexibility index (Phi) is 1.17. The summed E-state index contributed by atoms with van der Waals surface area (Å²) in [5, 5.41) is 0. The van der Waals surface area contributed by atoms with Crippen LogP contribution < -0.4 is 4.72 Å². The second-order valence-corrected chi connectivity index (χ2v) is 2.62. The summed E-state index contributed by atoms with van der Waals surface area (Å²) in [7, 11) is -3.82. The van der Waals surface area contributed by atoms with Crippen LogP contribution in [0.3, 0.4) is 0 Å². The predicted molar refractivity (Wildman–Crippen MR) is 27.3 cm³/mol. The van der Waals surface area contributed by atoms with Crippen molar-refractivity contribution in [3.8, 4) is 0 Å². The summed E-state index contributed by atoms with van der Waals surface area (Å²) >= 11 is 0. The Morgan fingerprint density at radius 3 is 2.56 bits per heavy atom. The van der Waals surface area contributed by atoms with Crippen molar-refractivity contribution in [2.24, 2.45) is 0 Å². The van der Waals surface area contributed by atoms with Gasteiger partial charge in [-0.05, 0) is 0 Å². The molecule has 0 aromatic heterocycles. The molecule has 1 heterocycles. The smallest absolute Gasteiger partial charge is 0.375 e. The first kappa shape index (κ1) is 6.09. The van der Waals surface area contributed by atoms with Crippen molar-refractivity contribution in [3.05, 3.63) is 12.3 Å². The van der Waals surface area contributed by atoms with Crippen LogP contribution in [0.4, 0.5) is 0 Å². The SMILES string of the molecule is O=C1C=COS(=O)(=O)N1. The van der Waals surface area contributed by atoms with Gasteiger partial charge in [0.05, 0.1) is 0 Å². The summed E-state index contributed by atoms with van der Waals surface area (Å²) in [4.78, 5) is 10.2. The molecule has 0 fully saturated rings. The highest BCUT2D eigenvalue weighted by atomic mass is 32.2. The maximum atomic E-state index is 10.3. The maximum absolute atomic E-state index is 10.3. The van der Waals surface area contributed by atoms with Crippen LogP contribution in [0.2, 0.25) is 0 Å². The Morgan fingerprint density at radius 2 is 2.22 bits per heavy atom. The van der Waals surface area contributed by atoms with Crippen molar-refractivity contribution in [2.45, 2.75) is 0 Å². The first-order valence-electron chi connectivity index (χ1n) is 2.02. The molecule has 0 saturated carbocycles. The van der Waals surface area contributed by atoms with Gasteiger partial charge in [-0.2, -0.15) is 8.42 Å². The topological polar surface area (TPSA) is 72.5 Å². The molecule has 1 rings (SSSR count). The van der Waals surface area contributed by atoms with E-state index in [1.165, 1.54) is 0 Å². The maximum Gasteiger partial charge on any atom is 0.409 e. The van der Waals surface area contributed by atoms with Crippen molar-refractivity contribution < 1.29 is 17.4 Å². The molecule has 1 amide bonds. The van der Waals surface area contributed by atoms with Gasteiger partial charge in [0.1, 0.15) is 6.26 Å². The minimum absolute atomic E-state index is 0.693. The summed E-state index contributed by atoms with van der Waals surface area (Å²) in [5.41, 5.74) is 0. The van der Waals surface area contributed by atoms with Gasteiger partial charge in [0.25, 0.3) is 5.91 Å². The van der Waals surface area contributed by atoms with Gasteiger partial charge < -0.3 is 4.18 Å². The van der Waals surface area contributed by atoms with E-state index in [9.17, 15) is 13.2 Å². The van der Waals surface area contributed by atoms with Crippen LogP contribution in [0.1, 0.15) is 0 Å². The number of hydrogen-bond acceptors (Lipinski definition) is 4. The normalized spacial score (nSPS) is 22.4. The Hall–Kier alpha value is -1.04. The Bertz CT molecular complexity index is 251. The molecular formula is C3H3NO4S. The molecule has 9 heavy (non-hydrogen) atoms. The summed E-state index contributed by atoms with van der Waals surface area (Å²) in [6, 6.07) is 0. The van der Waals surface area contributed by atoms with Crippen molar-refractivity contribution in [2.75, 3.05) is 0 Å². The largest absolute Gasteiger partial charge is 0.409 e. The van der Waals surface area contributed by atoms with E-state index in [0.717, 1.165) is 12.3 Å². The lowest BCUT2D eigenvalue weighted by Gasteiger charge is -2.05. The van der Waals surface area contributed by atoms with Crippen molar-refractivity contribution >= 4 is 16.2 Å². The van der Waals surface area contributed by atoms with Gasteiger partial charge in [-0.25, -0.2) is 4.72 Å². The summed E-state index contributed by atoms with van der Waals surface area (Å²) < 4.78 is 26.1. The average molecular weight is 149 g/mol. The molecule has 1 aliphatic heterocycles. The summed E-state index contributed by atoms with van der Waals surface area (Å²) in [6.07, 6.45) is 1.79. The monoisotopic (exact) mass is 149 g/mol. The van der Waals surface area contributed by atoms with Gasteiger partial charge in [-0.3, -0.25) is 4.79 Å². The van der Waals surface area contributed by atoms with Gasteiger partial charge in [0.2, 0.25) is 0 Å². The zero-order valence-corrected chi connectivity index (χ0v) is 5.01. The molecule has 0 saturated heterocycles. The number of hydrogen-bond donors (Lipinski definition) is 1. The highest BCUT2D eigenvalue weighted by Crippen LogP contribution is 1.94. The fraction of sp³-hybridized carbons (Fsp3) is 0. The fourth-order valence-corrected chi connectivity index (χ4v) is 0.908. The van der Waals surface area contributed by atoms with Gasteiger partial charge >= 0.3 is 10.3 Å². The van der Waals surface area contributed by atoms with Gasteiger partial charge in [-0.15, -0.1) is 0 Å². The second kappa shape index (κ2) is 1.73. The van der Waals surface area contributed by atoms with Gasteiger partial charge in [0, 0.05) is 6.08 Å². The third kappa shape index (κ3) is 1.43. The van der Waals surface area contributed by atoms with Crippen LogP contribution in [0.15, 0.2) is 12.3 Å². The molecule has 5 nitrogen and oxygen atoms in total. The highest BCUT2D eigenvalue weighted by Gasteiger charge is 2.15. The predicted octanol–water partition coefficient (Wildman–Crippen LogP) is -1.11. The van der Waals surface area contributed by atoms with E-state index >= 15 is 0 Å². The van der Waals surface area contributed by atoms with Crippen LogP contribution in [0, 0.1) is 0 Å². The third-order valence-corrected chi connectivity index (χ3v) is 1.44. The fourth-order valence-electron chi connectivity index (χ4n) is 0.344. The minimum atomic E-state index is -3.82. The lowest BCUT2D eigenvalue weighted by molar-refractivity contribution is -0.115. The van der Waals surface area contributed by atoms with E-state index in [2.05, 4.69) is 4.18 Å².